The van der Waals surface area contributed by atoms with E-state index in [-0.39, 0.29) is 11.8 Å². The Morgan fingerprint density at radius 3 is 1.04 bits per heavy atom. The summed E-state index contributed by atoms with van der Waals surface area (Å²) in [7, 11) is -1.80. The van der Waals surface area contributed by atoms with Crippen LogP contribution in [-0.2, 0) is 12.8 Å². The molecule has 0 aromatic heterocycles. The summed E-state index contributed by atoms with van der Waals surface area (Å²) in [5, 5.41) is 8.13. The lowest BCUT2D eigenvalue weighted by atomic mass is 9.68. The van der Waals surface area contributed by atoms with Gasteiger partial charge in [-0.25, -0.2) is 0 Å². The average Bonchev–Trinajstić information content (AvgIpc) is 3.11. The van der Waals surface area contributed by atoms with Gasteiger partial charge in [0.1, 0.15) is 11.5 Å². The fraction of sp³-hybridized carbons (Fsp3) is 0.308. The van der Waals surface area contributed by atoms with Crippen LogP contribution in [-0.4, -0.2) is 5.79 Å². The fourth-order valence-electron chi connectivity index (χ4n) is 10.3. The zero-order chi connectivity index (χ0) is 38.9. The first kappa shape index (κ1) is 37.4. The summed E-state index contributed by atoms with van der Waals surface area (Å²) in [6.45, 7) is 17.8. The minimum Gasteiger partial charge on any atom is -0.451 e. The topological polar surface area (TPSA) is 18.5 Å². The fourth-order valence-corrected chi connectivity index (χ4v) is 15.9. The van der Waals surface area contributed by atoms with Gasteiger partial charge in [0.2, 0.25) is 0 Å². The van der Waals surface area contributed by atoms with E-state index in [1.54, 1.807) is 0 Å². The van der Waals surface area contributed by atoms with Crippen LogP contribution < -0.4 is 41.3 Å². The van der Waals surface area contributed by atoms with Crippen molar-refractivity contribution >= 4 is 47.7 Å². The van der Waals surface area contributed by atoms with Crippen LogP contribution in [0.1, 0.15) is 74.9 Å². The Hall–Kier alpha value is -4.22. The van der Waals surface area contributed by atoms with Gasteiger partial charge < -0.3 is 9.47 Å². The van der Waals surface area contributed by atoms with Gasteiger partial charge in [0.25, 0.3) is 5.79 Å². The summed E-state index contributed by atoms with van der Waals surface area (Å²) in [6.07, 6.45) is 5.39. The maximum absolute atomic E-state index is 7.78. The van der Waals surface area contributed by atoms with Gasteiger partial charge in [-0.3, -0.25) is 0 Å². The third kappa shape index (κ3) is 6.82. The molecule has 2 nitrogen and oxygen atoms in total. The van der Waals surface area contributed by atoms with Crippen molar-refractivity contribution in [1.29, 1.82) is 0 Å². The second kappa shape index (κ2) is 14.6. The number of para-hydroxylation sites is 2. The van der Waals surface area contributed by atoms with Crippen LogP contribution in [0.15, 0.2) is 109 Å². The highest BCUT2D eigenvalue weighted by molar-refractivity contribution is 7.80. The Bertz CT molecular complexity index is 2140. The van der Waals surface area contributed by atoms with Crippen molar-refractivity contribution < 1.29 is 9.47 Å². The largest absolute Gasteiger partial charge is 0.451 e. The zero-order valence-electron chi connectivity index (χ0n) is 34.3. The molecule has 1 spiro atoms. The molecule has 2 heterocycles. The molecule has 4 heteroatoms. The molecule has 0 bridgehead atoms. The predicted molar refractivity (Wildman–Crippen MR) is 240 cm³/mol. The minimum atomic E-state index is -0.898. The molecule has 6 aromatic carbocycles. The van der Waals surface area contributed by atoms with Crippen molar-refractivity contribution in [3.63, 3.8) is 0 Å². The average molecular weight is 773 g/mol. The van der Waals surface area contributed by atoms with Crippen LogP contribution in [0.5, 0.6) is 11.5 Å². The van der Waals surface area contributed by atoms with Crippen molar-refractivity contribution in [2.45, 2.75) is 93.3 Å². The highest BCUT2D eigenvalue weighted by Crippen LogP contribution is 2.55. The van der Waals surface area contributed by atoms with Crippen LogP contribution >= 0.6 is 15.8 Å². The van der Waals surface area contributed by atoms with Gasteiger partial charge in [0.05, 0.1) is 0 Å². The van der Waals surface area contributed by atoms with Crippen molar-refractivity contribution in [2.24, 2.45) is 11.8 Å². The van der Waals surface area contributed by atoms with E-state index in [1.807, 2.05) is 0 Å². The molecule has 0 saturated heterocycles. The van der Waals surface area contributed by atoms with Crippen LogP contribution in [0.4, 0.5) is 0 Å². The van der Waals surface area contributed by atoms with Crippen molar-refractivity contribution in [1.82, 2.24) is 0 Å². The molecule has 2 aliphatic heterocycles. The Morgan fingerprint density at radius 1 is 0.429 bits per heavy atom. The third-order valence-electron chi connectivity index (χ3n) is 12.2. The first-order valence-electron chi connectivity index (χ1n) is 20.5. The standard InChI is InChI=1S/C52H54O2P2/c1-32-18-33(2)23-44(22-32)55(45-24-34(3)19-35(4)25-45)48-16-9-12-40-30-42-14-11-15-43-31-41-13-10-17-49(51(41)54-52(42,43)53-50(40)48)56(46-26-36(5)20-37(6)27-46)47-28-38(7)21-39(8)29-47/h9-10,12-13,16-29,42-43H,11,14-15,30-31H2,1-8H3/t42-,43?,52-/m1/s1. The van der Waals surface area contributed by atoms with E-state index in [4.69, 9.17) is 9.47 Å². The Labute approximate surface area is 337 Å². The van der Waals surface area contributed by atoms with Crippen LogP contribution in [0.3, 0.4) is 0 Å². The Kier molecular flexibility index (Phi) is 9.75. The highest BCUT2D eigenvalue weighted by atomic mass is 31.1. The van der Waals surface area contributed by atoms with Gasteiger partial charge >= 0.3 is 0 Å². The molecule has 6 aromatic rings. The molecule has 56 heavy (non-hydrogen) atoms. The van der Waals surface area contributed by atoms with Gasteiger partial charge in [-0.15, -0.1) is 0 Å². The summed E-state index contributed by atoms with van der Waals surface area (Å²) < 4.78 is 15.6. The maximum atomic E-state index is 7.78. The van der Waals surface area contributed by atoms with Gasteiger partial charge in [-0.1, -0.05) is 160 Å². The normalized spacial score (nSPS) is 19.8. The molecule has 1 fully saturated rings. The van der Waals surface area contributed by atoms with Crippen molar-refractivity contribution in [3.8, 4) is 11.5 Å². The number of fused-ring (bicyclic) bond motifs is 2. The van der Waals surface area contributed by atoms with E-state index in [9.17, 15) is 0 Å². The molecule has 1 aliphatic carbocycles. The molecule has 0 radical (unpaired) electrons. The monoisotopic (exact) mass is 772 g/mol. The summed E-state index contributed by atoms with van der Waals surface area (Å²) in [6, 6.07) is 42.4. The lowest BCUT2D eigenvalue weighted by Gasteiger charge is -2.54. The van der Waals surface area contributed by atoms with E-state index >= 15 is 0 Å². The SMILES string of the molecule is Cc1cc(C)cc(P(c2cc(C)cc(C)c2)c2cccc3c2O[C@]24Oc5c(cccc5P(c5cc(C)cc(C)c5)c5cc(C)cc(C)c5)C[C@H]2CCCC4C3)c1. The molecular formula is C52H54O2P2. The number of benzene rings is 6. The van der Waals surface area contributed by atoms with Gasteiger partial charge in [0, 0.05) is 22.4 Å². The lowest BCUT2D eigenvalue weighted by Crippen LogP contribution is -2.62. The van der Waals surface area contributed by atoms with Crippen molar-refractivity contribution in [2.75, 3.05) is 0 Å². The molecule has 0 N–H and O–H groups in total. The van der Waals surface area contributed by atoms with Crippen LogP contribution in [0.25, 0.3) is 0 Å². The van der Waals surface area contributed by atoms with Crippen LogP contribution in [0.2, 0.25) is 0 Å². The van der Waals surface area contributed by atoms with E-state index < -0.39 is 21.6 Å². The van der Waals surface area contributed by atoms with E-state index in [2.05, 4.69) is 165 Å². The van der Waals surface area contributed by atoms with E-state index in [1.165, 1.54) is 93.9 Å². The predicted octanol–water partition coefficient (Wildman–Crippen LogP) is 10.4. The molecule has 3 aliphatic rings. The summed E-state index contributed by atoms with van der Waals surface area (Å²) in [5.74, 6) is 1.97. The zero-order valence-corrected chi connectivity index (χ0v) is 36.1. The van der Waals surface area contributed by atoms with E-state index in [0.717, 1.165) is 37.2 Å². The van der Waals surface area contributed by atoms with Gasteiger partial charge in [-0.05, 0) is 129 Å². The molecule has 9 rings (SSSR count). The maximum Gasteiger partial charge on any atom is 0.257 e. The summed E-state index contributed by atoms with van der Waals surface area (Å²) in [4.78, 5) is 0. The second-order valence-corrected chi connectivity index (χ2v) is 21.6. The number of aryl methyl sites for hydroxylation is 8. The number of rotatable bonds is 6. The van der Waals surface area contributed by atoms with Gasteiger partial charge in [-0.2, -0.15) is 0 Å². The number of ether oxygens (including phenoxy) is 2. The summed E-state index contributed by atoms with van der Waals surface area (Å²) >= 11 is 0. The second-order valence-electron chi connectivity index (χ2n) is 17.2. The summed E-state index contributed by atoms with van der Waals surface area (Å²) in [5.41, 5.74) is 13.1. The lowest BCUT2D eigenvalue weighted by molar-refractivity contribution is -0.225. The quantitative estimate of drug-likeness (QED) is 0.157. The molecular weight excluding hydrogens is 719 g/mol. The molecule has 1 saturated carbocycles. The van der Waals surface area contributed by atoms with Crippen LogP contribution in [0, 0.1) is 67.2 Å². The van der Waals surface area contributed by atoms with E-state index in [0.29, 0.717) is 0 Å². The third-order valence-corrected chi connectivity index (χ3v) is 17.0. The first-order valence-corrected chi connectivity index (χ1v) is 23.2. The van der Waals surface area contributed by atoms with Crippen molar-refractivity contribution in [3.05, 3.63) is 165 Å². The number of hydrogen-bond donors (Lipinski definition) is 0. The first-order chi connectivity index (χ1) is 26.9. The van der Waals surface area contributed by atoms with Gasteiger partial charge in [0.15, 0.2) is 0 Å². The smallest absolute Gasteiger partial charge is 0.257 e. The Balaban J connectivity index is 1.22. The minimum absolute atomic E-state index is 0.285. The highest BCUT2D eigenvalue weighted by Gasteiger charge is 2.57. The Morgan fingerprint density at radius 2 is 0.732 bits per heavy atom. The molecule has 0 amide bonds. The molecule has 284 valence electrons. The molecule has 1 unspecified atom stereocenters. The number of hydrogen-bond acceptors (Lipinski definition) is 2. The molecule has 3 atom stereocenters.